The number of likely N-dealkylation sites (tertiary alicyclic amines) is 1. The van der Waals surface area contributed by atoms with E-state index in [9.17, 15) is 9.59 Å². The Bertz CT molecular complexity index is 796. The molecular weight excluding hydrogens is 433 g/mol. The number of anilines is 1. The van der Waals surface area contributed by atoms with Gasteiger partial charge in [0.15, 0.2) is 0 Å². The highest BCUT2D eigenvalue weighted by atomic mass is 127. The smallest absolute Gasteiger partial charge is 0.253 e. The monoisotopic (exact) mass is 451 g/mol. The summed E-state index contributed by atoms with van der Waals surface area (Å²) in [5.74, 6) is -0.325. The zero-order chi connectivity index (χ0) is 17.8. The highest BCUT2D eigenvalue weighted by Crippen LogP contribution is 2.25. The van der Waals surface area contributed by atoms with E-state index in [1.54, 1.807) is 30.5 Å². The first-order valence-corrected chi connectivity index (χ1v) is 9.05. The third-order valence-corrected chi connectivity index (χ3v) is 4.96. The molecule has 3 rings (SSSR count). The van der Waals surface area contributed by atoms with Gasteiger partial charge in [0.1, 0.15) is 3.70 Å². The lowest BCUT2D eigenvalue weighted by atomic mass is 10.0. The van der Waals surface area contributed by atoms with Crippen LogP contribution in [-0.2, 0) is 4.79 Å². The molecule has 7 nitrogen and oxygen atoms in total. The summed E-state index contributed by atoms with van der Waals surface area (Å²) in [6.45, 7) is 4.76. The molecule has 2 heterocycles. The van der Waals surface area contributed by atoms with E-state index >= 15 is 0 Å². The molecule has 0 aliphatic carbocycles. The number of piperidine rings is 1. The number of benzene rings is 1. The quantitative estimate of drug-likeness (QED) is 0.573. The van der Waals surface area contributed by atoms with Gasteiger partial charge in [0, 0.05) is 24.3 Å². The minimum absolute atomic E-state index is 0.0264. The van der Waals surface area contributed by atoms with Crippen LogP contribution >= 0.6 is 22.6 Å². The average molecular weight is 451 g/mol. The van der Waals surface area contributed by atoms with Crippen molar-refractivity contribution >= 4 is 40.1 Å². The van der Waals surface area contributed by atoms with Crippen molar-refractivity contribution in [3.8, 4) is 0 Å². The van der Waals surface area contributed by atoms with Gasteiger partial charge >= 0.3 is 0 Å². The van der Waals surface area contributed by atoms with E-state index < -0.39 is 0 Å². The van der Waals surface area contributed by atoms with Gasteiger partial charge in [-0.05, 0) is 59.7 Å². The van der Waals surface area contributed by atoms with Gasteiger partial charge in [0.05, 0.1) is 12.2 Å². The molecule has 1 aliphatic rings. The summed E-state index contributed by atoms with van der Waals surface area (Å²) in [7, 11) is 0. The van der Waals surface area contributed by atoms with Gasteiger partial charge in [0.2, 0.25) is 5.91 Å². The van der Waals surface area contributed by atoms with Crippen molar-refractivity contribution in [1.82, 2.24) is 19.9 Å². The van der Waals surface area contributed by atoms with E-state index in [-0.39, 0.29) is 17.9 Å². The fraction of sp³-hybridized carbons (Fsp3) is 0.294. The Balaban J connectivity index is 1.64. The summed E-state index contributed by atoms with van der Waals surface area (Å²) >= 11 is 2.22. The van der Waals surface area contributed by atoms with Crippen LogP contribution in [0.2, 0.25) is 0 Å². The number of nitrogens with one attached hydrogen (secondary N) is 1. The molecule has 0 atom stereocenters. The van der Waals surface area contributed by atoms with Crippen LogP contribution in [0.25, 0.3) is 0 Å². The fourth-order valence-corrected chi connectivity index (χ4v) is 3.51. The molecular formula is C17H18IN5O2. The van der Waals surface area contributed by atoms with Gasteiger partial charge in [-0.1, -0.05) is 17.9 Å². The SMILES string of the molecule is C=CC(=O)Nc1cccc(C(=O)N2CCC(n3nncc3I)CC2)c1. The van der Waals surface area contributed by atoms with Crippen LogP contribution in [0.15, 0.2) is 43.1 Å². The number of carbonyl (C=O) groups excluding carboxylic acids is 2. The van der Waals surface area contributed by atoms with Crippen molar-refractivity contribution in [2.45, 2.75) is 18.9 Å². The van der Waals surface area contributed by atoms with Gasteiger partial charge in [-0.25, -0.2) is 4.68 Å². The summed E-state index contributed by atoms with van der Waals surface area (Å²) in [4.78, 5) is 26.0. The second-order valence-electron chi connectivity index (χ2n) is 5.80. The molecule has 1 saturated heterocycles. The van der Waals surface area contributed by atoms with Crippen LogP contribution in [0.4, 0.5) is 5.69 Å². The molecule has 0 spiro atoms. The molecule has 8 heteroatoms. The number of carbonyl (C=O) groups is 2. The predicted molar refractivity (Wildman–Crippen MR) is 102 cm³/mol. The zero-order valence-corrected chi connectivity index (χ0v) is 15.7. The fourth-order valence-electron chi connectivity index (χ4n) is 2.90. The van der Waals surface area contributed by atoms with Crippen LogP contribution < -0.4 is 5.32 Å². The highest BCUT2D eigenvalue weighted by Gasteiger charge is 2.26. The topological polar surface area (TPSA) is 80.1 Å². The van der Waals surface area contributed by atoms with Crippen molar-refractivity contribution in [1.29, 1.82) is 0 Å². The molecule has 1 fully saturated rings. The van der Waals surface area contributed by atoms with E-state index in [0.717, 1.165) is 16.5 Å². The maximum Gasteiger partial charge on any atom is 0.253 e. The number of nitrogens with zero attached hydrogens (tertiary/aromatic N) is 4. The van der Waals surface area contributed by atoms with Gasteiger partial charge in [-0.3, -0.25) is 9.59 Å². The molecule has 130 valence electrons. The second-order valence-corrected chi connectivity index (χ2v) is 6.90. The molecule has 2 amide bonds. The first kappa shape index (κ1) is 17.6. The third kappa shape index (κ3) is 4.06. The van der Waals surface area contributed by atoms with Gasteiger partial charge < -0.3 is 10.2 Å². The van der Waals surface area contributed by atoms with Crippen LogP contribution in [0, 0.1) is 3.70 Å². The maximum absolute atomic E-state index is 12.7. The summed E-state index contributed by atoms with van der Waals surface area (Å²) in [5.41, 5.74) is 1.15. The number of aromatic nitrogens is 3. The normalized spacial score (nSPS) is 15.0. The lowest BCUT2D eigenvalue weighted by Crippen LogP contribution is -2.39. The lowest BCUT2D eigenvalue weighted by Gasteiger charge is -2.32. The van der Waals surface area contributed by atoms with Crippen LogP contribution in [0.3, 0.4) is 0 Å². The molecule has 0 unspecified atom stereocenters. The Morgan fingerprint density at radius 2 is 2.08 bits per heavy atom. The Labute approximate surface area is 159 Å². The first-order valence-electron chi connectivity index (χ1n) is 7.97. The van der Waals surface area contributed by atoms with Crippen molar-refractivity contribution in [3.63, 3.8) is 0 Å². The first-order chi connectivity index (χ1) is 12.1. The van der Waals surface area contributed by atoms with Crippen LogP contribution in [0.1, 0.15) is 29.2 Å². The molecule has 25 heavy (non-hydrogen) atoms. The Morgan fingerprint density at radius 1 is 1.32 bits per heavy atom. The Morgan fingerprint density at radius 3 is 2.72 bits per heavy atom. The second kappa shape index (κ2) is 7.77. The molecule has 2 aromatic rings. The number of halogens is 1. The summed E-state index contributed by atoms with van der Waals surface area (Å²) < 4.78 is 2.93. The zero-order valence-electron chi connectivity index (χ0n) is 13.6. The van der Waals surface area contributed by atoms with Crippen molar-refractivity contribution in [2.24, 2.45) is 0 Å². The predicted octanol–water partition coefficient (Wildman–Crippen LogP) is 2.48. The van der Waals surface area contributed by atoms with E-state index in [4.69, 9.17) is 0 Å². The number of amides is 2. The minimum atomic E-state index is -0.298. The lowest BCUT2D eigenvalue weighted by molar-refractivity contribution is -0.111. The van der Waals surface area contributed by atoms with Gasteiger partial charge in [-0.2, -0.15) is 0 Å². The summed E-state index contributed by atoms with van der Waals surface area (Å²) in [5, 5.41) is 10.7. The molecule has 0 saturated carbocycles. The number of hydrogen-bond acceptors (Lipinski definition) is 4. The van der Waals surface area contributed by atoms with Crippen LogP contribution in [0.5, 0.6) is 0 Å². The molecule has 0 radical (unpaired) electrons. The van der Waals surface area contributed by atoms with Crippen molar-refractivity contribution in [3.05, 3.63) is 52.4 Å². The van der Waals surface area contributed by atoms with E-state index in [1.165, 1.54) is 6.08 Å². The van der Waals surface area contributed by atoms with Gasteiger partial charge in [-0.15, -0.1) is 5.10 Å². The Kier molecular flexibility index (Phi) is 5.47. The summed E-state index contributed by atoms with van der Waals surface area (Å²) in [6, 6.07) is 7.24. The Hall–Kier alpha value is -2.23. The number of rotatable bonds is 4. The molecule has 1 aromatic carbocycles. The molecule has 1 aromatic heterocycles. The third-order valence-electron chi connectivity index (χ3n) is 4.19. The minimum Gasteiger partial charge on any atom is -0.338 e. The molecule has 0 bridgehead atoms. The molecule has 1 N–H and O–H groups in total. The van der Waals surface area contributed by atoms with Crippen molar-refractivity contribution in [2.75, 3.05) is 18.4 Å². The molecule has 1 aliphatic heterocycles. The van der Waals surface area contributed by atoms with Crippen LogP contribution in [-0.4, -0.2) is 44.8 Å². The highest BCUT2D eigenvalue weighted by molar-refractivity contribution is 14.1. The standard InChI is InChI=1S/C17H18IN5O2/c1-2-16(24)20-13-5-3-4-12(10-13)17(25)22-8-6-14(7-9-22)23-15(18)11-19-21-23/h2-5,10-11,14H,1,6-9H2,(H,20,24). The van der Waals surface area contributed by atoms with Gasteiger partial charge in [0.25, 0.3) is 5.91 Å². The van der Waals surface area contributed by atoms with E-state index in [2.05, 4.69) is 44.8 Å². The van der Waals surface area contributed by atoms with Crippen molar-refractivity contribution < 1.29 is 9.59 Å². The largest absolute Gasteiger partial charge is 0.338 e. The van der Waals surface area contributed by atoms with E-state index in [0.29, 0.717) is 24.3 Å². The maximum atomic E-state index is 12.7. The average Bonchev–Trinajstić information content (AvgIpc) is 3.07. The summed E-state index contributed by atoms with van der Waals surface area (Å²) in [6.07, 6.45) is 4.63. The van der Waals surface area contributed by atoms with E-state index in [1.807, 2.05) is 9.58 Å². The number of hydrogen-bond donors (Lipinski definition) is 1.